The standard InChI is InChI=1S/C21H25N3O6/c1-14-12-16(25)18(27)19(30-14)21(4-10-29-11-5-21)13-17(26)23-8-9-24-20(28)15-2-6-22-7-3-15/h2-3,6-7,12,27H,4-5,8-11,13H2,1H3,(H,23,26)(H,24,28). The Hall–Kier alpha value is -3.20. The van der Waals surface area contributed by atoms with Gasteiger partial charge in [0.15, 0.2) is 5.76 Å². The van der Waals surface area contributed by atoms with Crippen LogP contribution in [0.5, 0.6) is 5.75 Å². The van der Waals surface area contributed by atoms with E-state index in [9.17, 15) is 19.5 Å². The molecule has 0 unspecified atom stereocenters. The SMILES string of the molecule is Cc1cc(=O)c(O)c(C2(CC(=O)NCCNC(=O)c3ccncc3)CCOCC2)o1. The molecule has 3 rings (SSSR count). The van der Waals surface area contributed by atoms with Crippen molar-refractivity contribution in [3.05, 3.63) is 57.9 Å². The second-order valence-electron chi connectivity index (χ2n) is 7.31. The molecule has 1 fully saturated rings. The van der Waals surface area contributed by atoms with Gasteiger partial charge in [-0.2, -0.15) is 0 Å². The van der Waals surface area contributed by atoms with Crippen LogP contribution in [0, 0.1) is 6.92 Å². The molecule has 1 aliphatic heterocycles. The normalized spacial score (nSPS) is 15.4. The molecule has 0 saturated carbocycles. The monoisotopic (exact) mass is 415 g/mol. The molecular formula is C21H25N3O6. The first-order valence-corrected chi connectivity index (χ1v) is 9.78. The van der Waals surface area contributed by atoms with Gasteiger partial charge in [0.1, 0.15) is 5.76 Å². The largest absolute Gasteiger partial charge is 0.502 e. The summed E-state index contributed by atoms with van der Waals surface area (Å²) in [4.78, 5) is 40.5. The lowest BCUT2D eigenvalue weighted by atomic mass is 9.74. The number of ether oxygens (including phenoxy) is 1. The first-order chi connectivity index (χ1) is 14.4. The van der Waals surface area contributed by atoms with E-state index in [1.807, 2.05) is 0 Å². The van der Waals surface area contributed by atoms with Gasteiger partial charge in [0.2, 0.25) is 17.1 Å². The van der Waals surface area contributed by atoms with Crippen LogP contribution in [-0.2, 0) is 14.9 Å². The van der Waals surface area contributed by atoms with Crippen molar-refractivity contribution in [3.63, 3.8) is 0 Å². The minimum Gasteiger partial charge on any atom is -0.502 e. The Bertz CT molecular complexity index is 951. The van der Waals surface area contributed by atoms with E-state index in [-0.39, 0.29) is 37.1 Å². The summed E-state index contributed by atoms with van der Waals surface area (Å²) in [6.07, 6.45) is 3.99. The third-order valence-corrected chi connectivity index (χ3v) is 5.15. The van der Waals surface area contributed by atoms with Crippen molar-refractivity contribution in [1.29, 1.82) is 0 Å². The summed E-state index contributed by atoms with van der Waals surface area (Å²) >= 11 is 0. The average Bonchev–Trinajstić information content (AvgIpc) is 2.75. The number of nitrogens with zero attached hydrogens (tertiary/aromatic N) is 1. The van der Waals surface area contributed by atoms with Crippen molar-refractivity contribution >= 4 is 11.8 Å². The lowest BCUT2D eigenvalue weighted by molar-refractivity contribution is -0.123. The lowest BCUT2D eigenvalue weighted by Crippen LogP contribution is -2.41. The molecule has 3 N–H and O–H groups in total. The first-order valence-electron chi connectivity index (χ1n) is 9.78. The minimum atomic E-state index is -0.822. The summed E-state index contributed by atoms with van der Waals surface area (Å²) in [7, 11) is 0. The van der Waals surface area contributed by atoms with E-state index >= 15 is 0 Å². The highest BCUT2D eigenvalue weighted by Crippen LogP contribution is 2.41. The van der Waals surface area contributed by atoms with E-state index in [2.05, 4.69) is 15.6 Å². The number of carbonyl (C=O) groups excluding carboxylic acids is 2. The number of aryl methyl sites for hydroxylation is 1. The summed E-state index contributed by atoms with van der Waals surface area (Å²) in [5.41, 5.74) is -0.862. The molecule has 30 heavy (non-hydrogen) atoms. The van der Waals surface area contributed by atoms with Gasteiger partial charge in [-0.15, -0.1) is 0 Å². The van der Waals surface area contributed by atoms with Crippen molar-refractivity contribution in [2.75, 3.05) is 26.3 Å². The number of hydrogen-bond acceptors (Lipinski definition) is 7. The smallest absolute Gasteiger partial charge is 0.251 e. The topological polar surface area (TPSA) is 131 Å². The van der Waals surface area contributed by atoms with E-state index in [0.717, 1.165) is 0 Å². The summed E-state index contributed by atoms with van der Waals surface area (Å²) < 4.78 is 11.1. The van der Waals surface area contributed by atoms with Crippen LogP contribution in [0.25, 0.3) is 0 Å². The molecule has 9 heteroatoms. The maximum Gasteiger partial charge on any atom is 0.251 e. The summed E-state index contributed by atoms with van der Waals surface area (Å²) in [5.74, 6) is -0.465. The van der Waals surface area contributed by atoms with Crippen molar-refractivity contribution in [2.24, 2.45) is 0 Å². The molecule has 1 saturated heterocycles. The average molecular weight is 415 g/mol. The van der Waals surface area contributed by atoms with Crippen LogP contribution < -0.4 is 16.1 Å². The molecule has 2 aromatic heterocycles. The third kappa shape index (κ3) is 5.04. The van der Waals surface area contributed by atoms with Crippen LogP contribution in [0.15, 0.2) is 39.8 Å². The number of aromatic hydroxyl groups is 1. The number of aromatic nitrogens is 1. The third-order valence-electron chi connectivity index (χ3n) is 5.15. The Balaban J connectivity index is 1.61. The van der Waals surface area contributed by atoms with Crippen molar-refractivity contribution < 1.29 is 23.8 Å². The predicted molar refractivity (Wildman–Crippen MR) is 107 cm³/mol. The fourth-order valence-electron chi connectivity index (χ4n) is 3.56. The van der Waals surface area contributed by atoms with Crippen molar-refractivity contribution in [1.82, 2.24) is 15.6 Å². The van der Waals surface area contributed by atoms with E-state index < -0.39 is 16.6 Å². The molecular weight excluding hydrogens is 390 g/mol. The van der Waals surface area contributed by atoms with Gasteiger partial charge in [-0.05, 0) is 31.9 Å². The lowest BCUT2D eigenvalue weighted by Gasteiger charge is -2.35. The van der Waals surface area contributed by atoms with Gasteiger partial charge in [0.25, 0.3) is 5.91 Å². The summed E-state index contributed by atoms with van der Waals surface area (Å²) in [5, 5.41) is 15.8. The maximum atomic E-state index is 12.6. The van der Waals surface area contributed by atoms with Crippen LogP contribution in [0.2, 0.25) is 0 Å². The fourth-order valence-corrected chi connectivity index (χ4v) is 3.56. The number of hydrogen-bond donors (Lipinski definition) is 3. The van der Waals surface area contributed by atoms with Gasteiger partial charge in [0.05, 0.1) is 0 Å². The number of amides is 2. The highest BCUT2D eigenvalue weighted by Gasteiger charge is 2.41. The van der Waals surface area contributed by atoms with Crippen LogP contribution >= 0.6 is 0 Å². The molecule has 0 spiro atoms. The predicted octanol–water partition coefficient (Wildman–Crippen LogP) is 1.03. The maximum absolute atomic E-state index is 12.6. The Morgan fingerprint density at radius 2 is 1.83 bits per heavy atom. The van der Waals surface area contributed by atoms with Gasteiger partial charge in [0, 0.05) is 62.2 Å². The van der Waals surface area contributed by atoms with Crippen molar-refractivity contribution in [2.45, 2.75) is 31.6 Å². The zero-order valence-electron chi connectivity index (χ0n) is 16.8. The zero-order valence-corrected chi connectivity index (χ0v) is 16.8. The quantitative estimate of drug-likeness (QED) is 0.576. The zero-order chi connectivity index (χ0) is 21.6. The fraction of sp³-hybridized carbons (Fsp3) is 0.429. The second-order valence-corrected chi connectivity index (χ2v) is 7.31. The number of nitrogens with one attached hydrogen (secondary N) is 2. The van der Waals surface area contributed by atoms with Crippen LogP contribution in [0.4, 0.5) is 0 Å². The minimum absolute atomic E-state index is 0.0363. The van der Waals surface area contributed by atoms with E-state index in [4.69, 9.17) is 9.15 Å². The van der Waals surface area contributed by atoms with Gasteiger partial charge in [-0.25, -0.2) is 0 Å². The molecule has 0 radical (unpaired) electrons. The number of rotatable bonds is 7. The number of pyridine rings is 1. The van der Waals surface area contributed by atoms with E-state index in [1.54, 1.807) is 19.1 Å². The molecule has 3 heterocycles. The highest BCUT2D eigenvalue weighted by atomic mass is 16.5. The molecule has 1 aliphatic rings. The molecule has 160 valence electrons. The Morgan fingerprint density at radius 3 is 2.53 bits per heavy atom. The molecule has 0 aromatic carbocycles. The molecule has 0 aliphatic carbocycles. The van der Waals surface area contributed by atoms with Crippen molar-refractivity contribution in [3.8, 4) is 5.75 Å². The van der Waals surface area contributed by atoms with Gasteiger partial charge in [-0.1, -0.05) is 0 Å². The van der Waals surface area contributed by atoms with Gasteiger partial charge < -0.3 is 24.9 Å². The second kappa shape index (κ2) is 9.53. The highest BCUT2D eigenvalue weighted by molar-refractivity contribution is 5.93. The number of carbonyl (C=O) groups is 2. The van der Waals surface area contributed by atoms with Gasteiger partial charge >= 0.3 is 0 Å². The van der Waals surface area contributed by atoms with Gasteiger partial charge in [-0.3, -0.25) is 19.4 Å². The Labute approximate surface area is 173 Å². The van der Waals surface area contributed by atoms with Crippen LogP contribution in [0.3, 0.4) is 0 Å². The molecule has 2 aromatic rings. The first kappa shape index (κ1) is 21.5. The molecule has 0 atom stereocenters. The van der Waals surface area contributed by atoms with E-state index in [0.29, 0.717) is 37.4 Å². The summed E-state index contributed by atoms with van der Waals surface area (Å²) in [6, 6.07) is 4.42. The molecule has 0 bridgehead atoms. The summed E-state index contributed by atoms with van der Waals surface area (Å²) in [6.45, 7) is 2.92. The van der Waals surface area contributed by atoms with E-state index in [1.165, 1.54) is 18.5 Å². The Kier molecular flexibility index (Phi) is 6.83. The molecule has 2 amide bonds. The Morgan fingerprint density at radius 1 is 1.17 bits per heavy atom. The van der Waals surface area contributed by atoms with Crippen LogP contribution in [0.1, 0.15) is 41.1 Å². The van der Waals surface area contributed by atoms with Crippen LogP contribution in [-0.4, -0.2) is 48.2 Å². The molecule has 9 nitrogen and oxygen atoms in total.